The summed E-state index contributed by atoms with van der Waals surface area (Å²) in [7, 11) is -1.66. The largest absolute Gasteiger partial charge is 0.626 e. The van der Waals surface area contributed by atoms with Crippen molar-refractivity contribution >= 4 is 46.6 Å². The van der Waals surface area contributed by atoms with Crippen molar-refractivity contribution in [3.05, 3.63) is 53.8 Å². The van der Waals surface area contributed by atoms with Crippen molar-refractivity contribution < 1.29 is 29.4 Å². The highest BCUT2D eigenvalue weighted by molar-refractivity contribution is 7.13. The van der Waals surface area contributed by atoms with Crippen molar-refractivity contribution in [3.63, 3.8) is 0 Å². The first-order valence-electron chi connectivity index (χ1n) is 8.78. The minimum Gasteiger partial charge on any atom is -0.444 e. The number of aryl methyl sites for hydroxylation is 1. The third-order valence-corrected chi connectivity index (χ3v) is 5.20. The van der Waals surface area contributed by atoms with E-state index in [9.17, 15) is 19.9 Å². The molecule has 0 aliphatic carbocycles. The number of aromatic nitrogens is 3. The van der Waals surface area contributed by atoms with Crippen LogP contribution in [-0.2, 0) is 0 Å². The van der Waals surface area contributed by atoms with E-state index in [1.54, 1.807) is 42.6 Å². The number of anilines is 1. The first-order chi connectivity index (χ1) is 14.3. The summed E-state index contributed by atoms with van der Waals surface area (Å²) in [6.07, 6.45) is 1.58. The maximum Gasteiger partial charge on any atom is 0.626 e. The molecule has 0 saturated heterocycles. The van der Waals surface area contributed by atoms with Crippen LogP contribution in [0.4, 0.5) is 10.5 Å². The minimum absolute atomic E-state index is 0.269. The first kappa shape index (κ1) is 19.8. The zero-order valence-corrected chi connectivity index (χ0v) is 16.5. The Kier molecular flexibility index (Phi) is 5.08. The molecule has 0 fully saturated rings. The molecule has 4 aromatic rings. The topological polar surface area (TPSA) is 143 Å². The molecular weight excluding hydrogens is 407 g/mol. The van der Waals surface area contributed by atoms with Crippen molar-refractivity contribution in [2.24, 2.45) is 0 Å². The third kappa shape index (κ3) is 3.81. The Morgan fingerprint density at radius 3 is 2.70 bits per heavy atom. The van der Waals surface area contributed by atoms with E-state index in [0.29, 0.717) is 32.8 Å². The van der Waals surface area contributed by atoms with Gasteiger partial charge in [0.15, 0.2) is 0 Å². The highest BCUT2D eigenvalue weighted by Gasteiger charge is 2.20. The van der Waals surface area contributed by atoms with Gasteiger partial charge in [-0.1, -0.05) is 29.5 Å². The zero-order chi connectivity index (χ0) is 21.4. The molecule has 11 heteroatoms. The molecule has 2 heterocycles. The van der Waals surface area contributed by atoms with Gasteiger partial charge in [-0.25, -0.2) is 4.98 Å². The number of hydrogen-bond donors (Lipinski definition) is 4. The number of carbonyl (C=O) groups is 1. The number of thiazole rings is 1. The highest BCUT2D eigenvalue weighted by atomic mass is 32.1. The molecule has 0 unspecified atom stereocenters. The van der Waals surface area contributed by atoms with Gasteiger partial charge < -0.3 is 25.6 Å². The van der Waals surface area contributed by atoms with Gasteiger partial charge in [-0.3, -0.25) is 0 Å². The summed E-state index contributed by atoms with van der Waals surface area (Å²) in [6.45, 7) is 1.86. The average molecular weight is 423 g/mol. The molecule has 0 aliphatic rings. The second-order valence-electron chi connectivity index (χ2n) is 6.47. The Labute approximate surface area is 174 Å². The van der Waals surface area contributed by atoms with Crippen LogP contribution in [0.5, 0.6) is 10.8 Å². The van der Waals surface area contributed by atoms with Gasteiger partial charge in [0.2, 0.25) is 11.3 Å². The van der Waals surface area contributed by atoms with Gasteiger partial charge in [0.05, 0.1) is 11.2 Å². The van der Waals surface area contributed by atoms with Crippen molar-refractivity contribution in [1.82, 2.24) is 10.1 Å². The lowest BCUT2D eigenvalue weighted by molar-refractivity contribution is -0.643. The van der Waals surface area contributed by atoms with Gasteiger partial charge in [0.25, 0.3) is 0 Å². The van der Waals surface area contributed by atoms with Crippen LogP contribution in [0.3, 0.4) is 0 Å². The monoisotopic (exact) mass is 423 g/mol. The average Bonchev–Trinajstić information content (AvgIpc) is 3.12. The lowest BCUT2D eigenvalue weighted by Gasteiger charge is -2.12. The Hall–Kier alpha value is -3.54. The van der Waals surface area contributed by atoms with E-state index < -0.39 is 13.2 Å². The molecule has 150 valence electrons. The molecule has 2 aromatic heterocycles. The smallest absolute Gasteiger partial charge is 0.444 e. The van der Waals surface area contributed by atoms with Gasteiger partial charge in [-0.2, -0.15) is 4.79 Å². The Bertz CT molecular complexity index is 1280. The van der Waals surface area contributed by atoms with E-state index in [1.807, 2.05) is 6.92 Å². The SMILES string of the molecule is Cc1ncc(Oc2ccc(B(O)O)cc2-c2ccc3c(N)c[n+](C(=O)O)nc3c2)s1. The summed E-state index contributed by atoms with van der Waals surface area (Å²) in [5.74, 6) is 0.470. The van der Waals surface area contributed by atoms with Crippen LogP contribution in [0.1, 0.15) is 5.01 Å². The fourth-order valence-electron chi connectivity index (χ4n) is 2.99. The van der Waals surface area contributed by atoms with E-state index in [2.05, 4.69) is 10.1 Å². The third-order valence-electron chi connectivity index (χ3n) is 4.40. The summed E-state index contributed by atoms with van der Waals surface area (Å²) in [4.78, 5) is 15.5. The standard InChI is InChI=1S/C19H15BN4O5S/c1-10-22-8-18(30-10)29-17-5-3-12(20(27)28)7-14(17)11-2-4-13-15(21)9-24(19(25)26)23-16(13)6-11/h2-9,27-28H,1H3,(H2-,21,23,25,26)/p+1. The quantitative estimate of drug-likeness (QED) is 0.286. The maximum absolute atomic E-state index is 11.3. The molecule has 4 rings (SSSR count). The van der Waals surface area contributed by atoms with Gasteiger partial charge in [-0.05, 0) is 36.1 Å². The molecule has 9 nitrogen and oxygen atoms in total. The number of hydrogen-bond acceptors (Lipinski definition) is 8. The molecule has 0 radical (unpaired) electrons. The van der Waals surface area contributed by atoms with Crippen molar-refractivity contribution in [2.75, 3.05) is 5.73 Å². The highest BCUT2D eigenvalue weighted by Crippen LogP contribution is 2.36. The predicted octanol–water partition coefficient (Wildman–Crippen LogP) is 1.53. The van der Waals surface area contributed by atoms with Crippen molar-refractivity contribution in [3.8, 4) is 21.9 Å². The molecule has 0 atom stereocenters. The molecule has 30 heavy (non-hydrogen) atoms. The van der Waals surface area contributed by atoms with Gasteiger partial charge in [-0.15, -0.1) is 0 Å². The van der Waals surface area contributed by atoms with E-state index in [4.69, 9.17) is 10.5 Å². The number of ether oxygens (including phenoxy) is 1. The molecule has 5 N–H and O–H groups in total. The van der Waals surface area contributed by atoms with Crippen LogP contribution < -0.4 is 20.6 Å². The van der Waals surface area contributed by atoms with Crippen molar-refractivity contribution in [1.29, 1.82) is 0 Å². The lowest BCUT2D eigenvalue weighted by atomic mass is 9.79. The number of fused-ring (bicyclic) bond motifs is 1. The van der Waals surface area contributed by atoms with E-state index in [-0.39, 0.29) is 11.2 Å². The number of carboxylic acid groups (broad SMARTS) is 1. The summed E-state index contributed by atoms with van der Waals surface area (Å²) < 4.78 is 6.71. The van der Waals surface area contributed by atoms with E-state index in [0.717, 1.165) is 9.69 Å². The van der Waals surface area contributed by atoms with Crippen LogP contribution >= 0.6 is 11.3 Å². The molecule has 2 aromatic carbocycles. The molecule has 0 bridgehead atoms. The van der Waals surface area contributed by atoms with E-state index in [1.165, 1.54) is 17.5 Å². The summed E-state index contributed by atoms with van der Waals surface area (Å²) in [5, 5.41) is 34.5. The van der Waals surface area contributed by atoms with E-state index >= 15 is 0 Å². The molecular formula is C19H16BN4O5S+. The Morgan fingerprint density at radius 2 is 2.03 bits per heavy atom. The van der Waals surface area contributed by atoms with Crippen LogP contribution in [-0.4, -0.2) is 38.4 Å². The Morgan fingerprint density at radius 1 is 1.23 bits per heavy atom. The maximum atomic E-state index is 11.3. The predicted molar refractivity (Wildman–Crippen MR) is 112 cm³/mol. The molecule has 0 amide bonds. The van der Waals surface area contributed by atoms with Gasteiger partial charge in [0.1, 0.15) is 17.0 Å². The number of nitrogen functional groups attached to an aromatic ring is 1. The number of benzene rings is 2. The molecule has 0 spiro atoms. The van der Waals surface area contributed by atoms with Crippen LogP contribution in [0, 0.1) is 6.92 Å². The van der Waals surface area contributed by atoms with Crippen LogP contribution in [0.2, 0.25) is 0 Å². The number of nitrogens with zero attached hydrogens (tertiary/aromatic N) is 3. The van der Waals surface area contributed by atoms with Crippen LogP contribution in [0.15, 0.2) is 48.8 Å². The van der Waals surface area contributed by atoms with Crippen molar-refractivity contribution in [2.45, 2.75) is 6.92 Å². The Balaban J connectivity index is 1.87. The molecule has 0 saturated carbocycles. The number of rotatable bonds is 4. The normalized spacial score (nSPS) is 10.9. The summed E-state index contributed by atoms with van der Waals surface area (Å²) in [5.41, 5.74) is 8.08. The molecule has 0 aliphatic heterocycles. The van der Waals surface area contributed by atoms with Gasteiger partial charge in [0, 0.05) is 20.7 Å². The van der Waals surface area contributed by atoms with Gasteiger partial charge >= 0.3 is 13.2 Å². The number of nitrogens with two attached hydrogens (primary N) is 1. The second-order valence-corrected chi connectivity index (χ2v) is 7.67. The zero-order valence-electron chi connectivity index (χ0n) is 15.7. The fourth-order valence-corrected chi connectivity index (χ4v) is 3.62. The minimum atomic E-state index is -1.66. The van der Waals surface area contributed by atoms with Crippen LogP contribution in [0.25, 0.3) is 22.0 Å². The first-order valence-corrected chi connectivity index (χ1v) is 9.60. The summed E-state index contributed by atoms with van der Waals surface area (Å²) in [6, 6.07) is 9.94. The summed E-state index contributed by atoms with van der Waals surface area (Å²) >= 11 is 1.38. The fraction of sp³-hybridized carbons (Fsp3) is 0.0526. The second kappa shape index (κ2) is 7.71. The lowest BCUT2D eigenvalue weighted by Crippen LogP contribution is -2.45.